The molecule has 2 saturated carbocycles. The lowest BCUT2D eigenvalue weighted by Gasteiger charge is -2.37. The number of aromatic nitrogens is 1. The van der Waals surface area contributed by atoms with Crippen LogP contribution < -0.4 is 4.74 Å². The maximum absolute atomic E-state index is 13.2. The van der Waals surface area contributed by atoms with Crippen molar-refractivity contribution >= 4 is 28.7 Å². The molecule has 2 aromatic rings. The minimum atomic E-state index is -0.963. The standard InChI is InChI=1S/C23H20N2O4/c1-11(23(28)29-17-6-2-4-12-5-3-9-24-20(12)17)25-21(26)18-13-7-8-14(16-10-15(13)16)19(18)22(25)27/h2-9,11,13-16,18-19H,10H2,1H3/t11-,13-,14-,15-,16-,18+,19+/m1/s1. The number of amides is 2. The number of esters is 1. The van der Waals surface area contributed by atoms with E-state index in [1.807, 2.05) is 18.2 Å². The lowest BCUT2D eigenvalue weighted by Crippen LogP contribution is -2.45. The molecule has 1 aromatic carbocycles. The molecule has 0 radical (unpaired) electrons. The summed E-state index contributed by atoms with van der Waals surface area (Å²) < 4.78 is 5.59. The molecule has 2 heterocycles. The summed E-state index contributed by atoms with van der Waals surface area (Å²) in [7, 11) is 0. The molecule has 5 aliphatic rings. The summed E-state index contributed by atoms with van der Waals surface area (Å²) in [5, 5.41) is 0.853. The zero-order valence-corrected chi connectivity index (χ0v) is 15.9. The minimum absolute atomic E-state index is 0.141. The highest BCUT2D eigenvalue weighted by Gasteiger charge is 2.67. The van der Waals surface area contributed by atoms with Crippen LogP contribution in [0.4, 0.5) is 0 Å². The Bertz CT molecular complexity index is 1070. The van der Waals surface area contributed by atoms with Gasteiger partial charge < -0.3 is 4.74 Å². The molecule has 1 saturated heterocycles. The van der Waals surface area contributed by atoms with Crippen LogP contribution >= 0.6 is 0 Å². The molecule has 0 spiro atoms. The van der Waals surface area contributed by atoms with Crippen molar-refractivity contribution in [2.45, 2.75) is 19.4 Å². The van der Waals surface area contributed by atoms with E-state index in [0.29, 0.717) is 23.1 Å². The van der Waals surface area contributed by atoms with Gasteiger partial charge in [0.15, 0.2) is 5.75 Å². The summed E-state index contributed by atoms with van der Waals surface area (Å²) in [6, 6.07) is 8.08. The van der Waals surface area contributed by atoms with Crippen LogP contribution in [0.3, 0.4) is 0 Å². The Morgan fingerprint density at radius 2 is 1.72 bits per heavy atom. The Kier molecular flexibility index (Phi) is 3.35. The largest absolute Gasteiger partial charge is 0.423 e. The van der Waals surface area contributed by atoms with Crippen LogP contribution in [-0.2, 0) is 14.4 Å². The van der Waals surface area contributed by atoms with Gasteiger partial charge in [-0.3, -0.25) is 19.5 Å². The molecule has 1 aromatic heterocycles. The van der Waals surface area contributed by atoms with Crippen molar-refractivity contribution in [2.24, 2.45) is 35.5 Å². The first-order chi connectivity index (χ1) is 14.1. The number of rotatable bonds is 3. The lowest BCUT2D eigenvalue weighted by atomic mass is 9.63. The first kappa shape index (κ1) is 16.9. The van der Waals surface area contributed by atoms with E-state index in [4.69, 9.17) is 4.74 Å². The van der Waals surface area contributed by atoms with E-state index in [0.717, 1.165) is 16.7 Å². The first-order valence-electron chi connectivity index (χ1n) is 10.2. The van der Waals surface area contributed by atoms with E-state index in [1.165, 1.54) is 0 Å². The van der Waals surface area contributed by atoms with Gasteiger partial charge in [0, 0.05) is 11.6 Å². The molecule has 146 valence electrons. The van der Waals surface area contributed by atoms with Crippen LogP contribution in [0.2, 0.25) is 0 Å². The second-order valence-electron chi connectivity index (χ2n) is 8.63. The van der Waals surface area contributed by atoms with E-state index in [-0.39, 0.29) is 35.5 Å². The molecule has 3 fully saturated rings. The average molecular weight is 388 g/mol. The van der Waals surface area contributed by atoms with Gasteiger partial charge in [0.2, 0.25) is 11.8 Å². The van der Waals surface area contributed by atoms with Crippen molar-refractivity contribution in [1.29, 1.82) is 0 Å². The van der Waals surface area contributed by atoms with E-state index in [9.17, 15) is 14.4 Å². The highest BCUT2D eigenvalue weighted by molar-refractivity contribution is 6.09. The van der Waals surface area contributed by atoms with Crippen molar-refractivity contribution < 1.29 is 19.1 Å². The number of likely N-dealkylation sites (tertiary alicyclic amines) is 1. The molecule has 2 amide bonds. The number of ether oxygens (including phenoxy) is 1. The van der Waals surface area contributed by atoms with E-state index < -0.39 is 12.0 Å². The van der Waals surface area contributed by atoms with Crippen LogP contribution in [0.5, 0.6) is 5.75 Å². The molecule has 7 rings (SSSR count). The van der Waals surface area contributed by atoms with E-state index in [1.54, 1.807) is 25.3 Å². The van der Waals surface area contributed by atoms with Gasteiger partial charge in [-0.05, 0) is 49.1 Å². The number of nitrogens with zero attached hydrogens (tertiary/aromatic N) is 2. The van der Waals surface area contributed by atoms with Gasteiger partial charge >= 0.3 is 5.97 Å². The fourth-order valence-electron chi connectivity index (χ4n) is 5.82. The van der Waals surface area contributed by atoms with Crippen LogP contribution in [0.1, 0.15) is 13.3 Å². The predicted molar refractivity (Wildman–Crippen MR) is 103 cm³/mol. The number of pyridine rings is 1. The second-order valence-corrected chi connectivity index (χ2v) is 8.63. The Morgan fingerprint density at radius 3 is 2.41 bits per heavy atom. The lowest BCUT2D eigenvalue weighted by molar-refractivity contribution is -0.152. The minimum Gasteiger partial charge on any atom is -0.423 e. The number of carbonyl (C=O) groups is 3. The van der Waals surface area contributed by atoms with Gasteiger partial charge in [-0.1, -0.05) is 30.4 Å². The van der Waals surface area contributed by atoms with Gasteiger partial charge in [-0.2, -0.15) is 0 Å². The normalized spacial score (nSPS) is 34.9. The summed E-state index contributed by atoms with van der Waals surface area (Å²) in [6.45, 7) is 1.57. The monoisotopic (exact) mass is 388 g/mol. The van der Waals surface area contributed by atoms with Crippen molar-refractivity contribution in [3.63, 3.8) is 0 Å². The van der Waals surface area contributed by atoms with Gasteiger partial charge in [0.25, 0.3) is 0 Å². The Balaban J connectivity index is 1.27. The summed E-state index contributed by atoms with van der Waals surface area (Å²) >= 11 is 0. The third kappa shape index (κ3) is 2.23. The van der Waals surface area contributed by atoms with Crippen LogP contribution in [0.25, 0.3) is 10.9 Å². The van der Waals surface area contributed by atoms with Gasteiger partial charge in [-0.25, -0.2) is 4.79 Å². The molecule has 7 atom stereocenters. The third-order valence-electron chi connectivity index (χ3n) is 7.23. The molecule has 1 aliphatic heterocycles. The maximum Gasteiger partial charge on any atom is 0.334 e. The Labute approximate surface area is 167 Å². The van der Waals surface area contributed by atoms with Crippen molar-refractivity contribution in [3.05, 3.63) is 48.7 Å². The quantitative estimate of drug-likeness (QED) is 0.350. The van der Waals surface area contributed by atoms with Gasteiger partial charge in [0.05, 0.1) is 11.8 Å². The third-order valence-corrected chi connectivity index (χ3v) is 7.23. The molecule has 2 bridgehead atoms. The molecule has 6 nitrogen and oxygen atoms in total. The molecule has 0 unspecified atom stereocenters. The fourth-order valence-corrected chi connectivity index (χ4v) is 5.82. The average Bonchev–Trinajstić information content (AvgIpc) is 3.51. The zero-order chi connectivity index (χ0) is 19.9. The SMILES string of the molecule is C[C@H](C(=O)Oc1cccc2cccnc12)N1C(=O)[C@H]2[C@@H]3C=C[C@H]([C@H]4C[C@H]34)[C@@H]2C1=O. The summed E-state index contributed by atoms with van der Waals surface area (Å²) in [5.41, 5.74) is 0.575. The summed E-state index contributed by atoms with van der Waals surface area (Å²) in [6.07, 6.45) is 7.00. The number of hydrogen-bond acceptors (Lipinski definition) is 5. The highest BCUT2D eigenvalue weighted by Crippen LogP contribution is 2.65. The second kappa shape index (κ2) is 5.75. The smallest absolute Gasteiger partial charge is 0.334 e. The highest BCUT2D eigenvalue weighted by atomic mass is 16.5. The molecule has 4 aliphatic carbocycles. The molecule has 0 N–H and O–H groups in total. The van der Waals surface area contributed by atoms with E-state index in [2.05, 4.69) is 17.1 Å². The van der Waals surface area contributed by atoms with Crippen molar-refractivity contribution in [2.75, 3.05) is 0 Å². The van der Waals surface area contributed by atoms with Crippen molar-refractivity contribution in [1.82, 2.24) is 9.88 Å². The first-order valence-corrected chi connectivity index (χ1v) is 10.2. The summed E-state index contributed by atoms with van der Waals surface area (Å²) in [4.78, 5) is 44.7. The number of para-hydroxylation sites is 1. The number of benzene rings is 1. The van der Waals surface area contributed by atoms with Gasteiger partial charge in [0.1, 0.15) is 11.6 Å². The van der Waals surface area contributed by atoms with Crippen LogP contribution in [-0.4, -0.2) is 33.7 Å². The molecular weight excluding hydrogens is 368 g/mol. The number of fused-ring (bicyclic) bond motifs is 1. The molecular formula is C23H20N2O4. The topological polar surface area (TPSA) is 76.6 Å². The Hall–Kier alpha value is -3.02. The molecule has 6 heteroatoms. The molecule has 29 heavy (non-hydrogen) atoms. The maximum atomic E-state index is 13.2. The Morgan fingerprint density at radius 1 is 1.07 bits per heavy atom. The number of hydrogen-bond donors (Lipinski definition) is 0. The van der Waals surface area contributed by atoms with Gasteiger partial charge in [-0.15, -0.1) is 0 Å². The fraction of sp³-hybridized carbons (Fsp3) is 0.391. The van der Waals surface area contributed by atoms with Crippen LogP contribution in [0.15, 0.2) is 48.7 Å². The summed E-state index contributed by atoms with van der Waals surface area (Å²) in [5.74, 6) is 0.0121. The predicted octanol–water partition coefficient (Wildman–Crippen LogP) is 2.58. The van der Waals surface area contributed by atoms with Crippen molar-refractivity contribution in [3.8, 4) is 5.75 Å². The number of carbonyl (C=O) groups excluding carboxylic acids is 3. The number of imide groups is 1. The zero-order valence-electron chi connectivity index (χ0n) is 15.9. The van der Waals surface area contributed by atoms with Crippen LogP contribution in [0, 0.1) is 35.5 Å². The number of allylic oxidation sites excluding steroid dienone is 2. The van der Waals surface area contributed by atoms with E-state index >= 15 is 0 Å².